The molecule has 1 aromatic carbocycles. The maximum Gasteiger partial charge on any atom is 0.387 e. The number of urea groups is 1. The molecular weight excluding hydrogens is 282 g/mol. The number of carbonyl (C=O) groups excluding carboxylic acids is 1. The molecule has 1 aliphatic heterocycles. The summed E-state index contributed by atoms with van der Waals surface area (Å²) < 4.78 is 28.6. The maximum atomic E-state index is 12.1. The number of rotatable bonds is 5. The molecule has 0 radical (unpaired) electrons. The van der Waals surface area contributed by atoms with Crippen molar-refractivity contribution < 1.29 is 23.4 Å². The van der Waals surface area contributed by atoms with E-state index >= 15 is 0 Å². The zero-order valence-corrected chi connectivity index (χ0v) is 11.5. The summed E-state index contributed by atoms with van der Waals surface area (Å²) in [5.74, 6) is 0.0613. The second kappa shape index (κ2) is 7.21. The van der Waals surface area contributed by atoms with E-state index in [-0.39, 0.29) is 31.0 Å². The van der Waals surface area contributed by atoms with Gasteiger partial charge in [0.25, 0.3) is 0 Å². The number of carbonyl (C=O) groups is 1. The normalized spacial score (nSPS) is 18.1. The monoisotopic (exact) mass is 300 g/mol. The van der Waals surface area contributed by atoms with Gasteiger partial charge in [0.05, 0.1) is 12.6 Å². The fraction of sp³-hybridized carbons (Fsp3) is 0.500. The third kappa shape index (κ3) is 4.29. The van der Waals surface area contributed by atoms with E-state index in [4.69, 9.17) is 0 Å². The van der Waals surface area contributed by atoms with Crippen LogP contribution in [0.25, 0.3) is 0 Å². The van der Waals surface area contributed by atoms with Gasteiger partial charge in [-0.1, -0.05) is 12.1 Å². The minimum absolute atomic E-state index is 0.0505. The summed E-state index contributed by atoms with van der Waals surface area (Å²) >= 11 is 0. The topological polar surface area (TPSA) is 61.8 Å². The predicted molar refractivity (Wildman–Crippen MR) is 72.1 cm³/mol. The number of aliphatic hydroxyl groups excluding tert-OH is 1. The number of aliphatic hydroxyl groups is 1. The molecule has 1 heterocycles. The Hall–Kier alpha value is -1.89. The molecule has 5 nitrogen and oxygen atoms in total. The van der Waals surface area contributed by atoms with E-state index in [2.05, 4.69) is 10.1 Å². The van der Waals surface area contributed by atoms with E-state index in [1.54, 1.807) is 17.0 Å². The second-order valence-electron chi connectivity index (χ2n) is 4.86. The van der Waals surface area contributed by atoms with E-state index in [1.807, 2.05) is 0 Å². The Bertz CT molecular complexity index is 485. The van der Waals surface area contributed by atoms with Gasteiger partial charge < -0.3 is 20.1 Å². The average molecular weight is 300 g/mol. The SMILES string of the molecule is O=C(NCc1cccc(OC(F)F)c1)N1CCCC1CO. The van der Waals surface area contributed by atoms with E-state index in [1.165, 1.54) is 12.1 Å². The first kappa shape index (κ1) is 15.5. The first-order valence-electron chi connectivity index (χ1n) is 6.79. The maximum absolute atomic E-state index is 12.1. The van der Waals surface area contributed by atoms with Crippen LogP contribution in [-0.2, 0) is 6.54 Å². The van der Waals surface area contributed by atoms with Crippen molar-refractivity contribution in [3.05, 3.63) is 29.8 Å². The molecule has 0 aromatic heterocycles. The van der Waals surface area contributed by atoms with Gasteiger partial charge in [-0.25, -0.2) is 4.79 Å². The van der Waals surface area contributed by atoms with Crippen LogP contribution >= 0.6 is 0 Å². The number of hydrogen-bond acceptors (Lipinski definition) is 3. The molecule has 0 aliphatic carbocycles. The summed E-state index contributed by atoms with van der Waals surface area (Å²) in [7, 11) is 0. The van der Waals surface area contributed by atoms with Crippen molar-refractivity contribution in [3.63, 3.8) is 0 Å². The van der Waals surface area contributed by atoms with E-state index in [9.17, 15) is 18.7 Å². The van der Waals surface area contributed by atoms with Gasteiger partial charge >= 0.3 is 12.6 Å². The second-order valence-corrected chi connectivity index (χ2v) is 4.86. The highest BCUT2D eigenvalue weighted by atomic mass is 19.3. The number of ether oxygens (including phenoxy) is 1. The van der Waals surface area contributed by atoms with Crippen LogP contribution in [0.1, 0.15) is 18.4 Å². The number of alkyl halides is 2. The molecular formula is C14H18F2N2O3. The number of hydrogen-bond donors (Lipinski definition) is 2. The largest absolute Gasteiger partial charge is 0.435 e. The lowest BCUT2D eigenvalue weighted by Gasteiger charge is -2.23. The molecule has 0 spiro atoms. The Kier molecular flexibility index (Phi) is 5.32. The van der Waals surface area contributed by atoms with E-state index < -0.39 is 6.61 Å². The standard InChI is InChI=1S/C14H18F2N2O3/c15-13(16)21-12-5-1-3-10(7-12)8-17-14(20)18-6-2-4-11(18)9-19/h1,3,5,7,11,13,19H,2,4,6,8-9H2,(H,17,20). The van der Waals surface area contributed by atoms with Crippen molar-refractivity contribution in [3.8, 4) is 5.75 Å². The molecule has 0 bridgehead atoms. The van der Waals surface area contributed by atoms with Gasteiger partial charge in [0, 0.05) is 13.1 Å². The quantitative estimate of drug-likeness (QED) is 0.874. The first-order chi connectivity index (χ1) is 10.1. The lowest BCUT2D eigenvalue weighted by atomic mass is 10.2. The summed E-state index contributed by atoms with van der Waals surface area (Å²) in [6.07, 6.45) is 1.66. The van der Waals surface area contributed by atoms with Gasteiger partial charge in [0.15, 0.2) is 0 Å². The molecule has 1 aliphatic rings. The molecule has 1 fully saturated rings. The molecule has 2 rings (SSSR count). The Labute approximate surface area is 121 Å². The molecule has 21 heavy (non-hydrogen) atoms. The van der Waals surface area contributed by atoms with Crippen molar-refractivity contribution in [1.82, 2.24) is 10.2 Å². The van der Waals surface area contributed by atoms with Crippen LogP contribution in [0.3, 0.4) is 0 Å². The van der Waals surface area contributed by atoms with Crippen molar-refractivity contribution in [2.24, 2.45) is 0 Å². The molecule has 1 saturated heterocycles. The van der Waals surface area contributed by atoms with E-state index in [0.717, 1.165) is 12.8 Å². The summed E-state index contributed by atoms with van der Waals surface area (Å²) in [6.45, 7) is -2.09. The highest BCUT2D eigenvalue weighted by molar-refractivity contribution is 5.74. The zero-order chi connectivity index (χ0) is 15.2. The third-order valence-corrected chi connectivity index (χ3v) is 3.42. The van der Waals surface area contributed by atoms with Gasteiger partial charge in [-0.05, 0) is 30.5 Å². The molecule has 1 unspecified atom stereocenters. The minimum atomic E-state index is -2.87. The molecule has 7 heteroatoms. The fourth-order valence-corrected chi connectivity index (χ4v) is 2.40. The highest BCUT2D eigenvalue weighted by Gasteiger charge is 2.27. The number of halogens is 2. The van der Waals surface area contributed by atoms with Crippen LogP contribution in [-0.4, -0.2) is 41.8 Å². The average Bonchev–Trinajstić information content (AvgIpc) is 2.93. The van der Waals surface area contributed by atoms with Gasteiger partial charge in [0.2, 0.25) is 0 Å². The van der Waals surface area contributed by atoms with Crippen molar-refractivity contribution in [1.29, 1.82) is 0 Å². The predicted octanol–water partition coefficient (Wildman–Crippen LogP) is 1.95. The Morgan fingerprint density at radius 2 is 2.33 bits per heavy atom. The Morgan fingerprint density at radius 3 is 3.05 bits per heavy atom. The molecule has 1 atom stereocenters. The van der Waals surface area contributed by atoms with Crippen LogP contribution in [0, 0.1) is 0 Å². The summed E-state index contributed by atoms with van der Waals surface area (Å²) in [4.78, 5) is 13.6. The number of amides is 2. The van der Waals surface area contributed by atoms with Gasteiger partial charge in [-0.2, -0.15) is 8.78 Å². The summed E-state index contributed by atoms with van der Waals surface area (Å²) in [5, 5.41) is 11.9. The Balaban J connectivity index is 1.89. The lowest BCUT2D eigenvalue weighted by Crippen LogP contribution is -2.43. The number of benzene rings is 1. The molecule has 1 aromatic rings. The smallest absolute Gasteiger partial charge is 0.387 e. The van der Waals surface area contributed by atoms with Gasteiger partial charge in [0.1, 0.15) is 5.75 Å². The van der Waals surface area contributed by atoms with Gasteiger partial charge in [-0.3, -0.25) is 0 Å². The number of nitrogens with zero attached hydrogens (tertiary/aromatic N) is 1. The number of nitrogens with one attached hydrogen (secondary N) is 1. The summed E-state index contributed by atoms with van der Waals surface area (Å²) in [5.41, 5.74) is 0.668. The fourth-order valence-electron chi connectivity index (χ4n) is 2.40. The van der Waals surface area contributed by atoms with Gasteiger partial charge in [-0.15, -0.1) is 0 Å². The molecule has 116 valence electrons. The van der Waals surface area contributed by atoms with Crippen LogP contribution in [0.4, 0.5) is 13.6 Å². The van der Waals surface area contributed by atoms with Crippen molar-refractivity contribution in [2.45, 2.75) is 32.0 Å². The summed E-state index contributed by atoms with van der Waals surface area (Å²) in [6, 6.07) is 5.79. The molecule has 2 amide bonds. The van der Waals surface area contributed by atoms with Crippen LogP contribution in [0.5, 0.6) is 5.75 Å². The lowest BCUT2D eigenvalue weighted by molar-refractivity contribution is -0.0498. The van der Waals surface area contributed by atoms with Crippen molar-refractivity contribution in [2.75, 3.05) is 13.2 Å². The highest BCUT2D eigenvalue weighted by Crippen LogP contribution is 2.18. The number of likely N-dealkylation sites (tertiary alicyclic amines) is 1. The van der Waals surface area contributed by atoms with Crippen LogP contribution < -0.4 is 10.1 Å². The van der Waals surface area contributed by atoms with E-state index in [0.29, 0.717) is 12.1 Å². The molecule has 2 N–H and O–H groups in total. The molecule has 0 saturated carbocycles. The minimum Gasteiger partial charge on any atom is -0.435 e. The van der Waals surface area contributed by atoms with Crippen LogP contribution in [0.15, 0.2) is 24.3 Å². The third-order valence-electron chi connectivity index (χ3n) is 3.42. The Morgan fingerprint density at radius 1 is 1.52 bits per heavy atom. The van der Waals surface area contributed by atoms with Crippen molar-refractivity contribution >= 4 is 6.03 Å². The van der Waals surface area contributed by atoms with Crippen LogP contribution in [0.2, 0.25) is 0 Å². The zero-order valence-electron chi connectivity index (χ0n) is 11.5. The first-order valence-corrected chi connectivity index (χ1v) is 6.79.